The Morgan fingerprint density at radius 2 is 2.14 bits per heavy atom. The number of carboxylic acid groups (broad SMARTS) is 1. The van der Waals surface area contributed by atoms with E-state index in [9.17, 15) is 13.2 Å². The predicted octanol–water partition coefficient (Wildman–Crippen LogP) is 1.13. The number of carboxylic acids is 1. The van der Waals surface area contributed by atoms with Gasteiger partial charge in [0.15, 0.2) is 0 Å². The molecule has 0 aromatic rings. The lowest BCUT2D eigenvalue weighted by molar-refractivity contribution is -0.147. The Kier molecular flexibility index (Phi) is 3.08. The van der Waals surface area contributed by atoms with Crippen molar-refractivity contribution in [1.82, 2.24) is 0 Å². The van der Waals surface area contributed by atoms with Gasteiger partial charge in [0, 0.05) is 10.7 Å². The van der Waals surface area contributed by atoms with Gasteiger partial charge in [0.2, 0.25) is 0 Å². The van der Waals surface area contributed by atoms with E-state index in [1.54, 1.807) is 6.92 Å². The molecule has 1 aliphatic carbocycles. The van der Waals surface area contributed by atoms with Crippen molar-refractivity contribution >= 4 is 26.0 Å². The molecule has 1 fully saturated rings. The van der Waals surface area contributed by atoms with Gasteiger partial charge in [0.25, 0.3) is 0 Å². The molecule has 7 heteroatoms. The zero-order valence-electron chi connectivity index (χ0n) is 7.57. The van der Waals surface area contributed by atoms with Crippen molar-refractivity contribution < 1.29 is 22.5 Å². The SMILES string of the molecule is CCC(OS(=O)(=O)Cl)C1(C(=O)O)CC1. The lowest BCUT2D eigenvalue weighted by atomic mass is 9.98. The first kappa shape index (κ1) is 11.7. The smallest absolute Gasteiger partial charge is 0.355 e. The second kappa shape index (κ2) is 3.67. The Balaban J connectivity index is 2.78. The quantitative estimate of drug-likeness (QED) is 0.731. The number of halogens is 1. The number of rotatable bonds is 5. The Bertz CT molecular complexity index is 332. The lowest BCUT2D eigenvalue weighted by Gasteiger charge is -2.19. The standard InChI is InChI=1S/C7H11ClO5S/c1-2-5(13-14(8,11)12)7(3-4-7)6(9)10/h5H,2-4H2,1H3,(H,9,10). The van der Waals surface area contributed by atoms with E-state index in [2.05, 4.69) is 4.18 Å². The maximum absolute atomic E-state index is 10.9. The van der Waals surface area contributed by atoms with Crippen molar-refractivity contribution in [3.05, 3.63) is 0 Å². The molecule has 5 nitrogen and oxygen atoms in total. The zero-order chi connectivity index (χ0) is 11.0. The maximum Gasteiger partial charge on any atom is 0.355 e. The molecule has 1 N–H and O–H groups in total. The molecule has 0 aliphatic heterocycles. The third-order valence-electron chi connectivity index (χ3n) is 2.43. The van der Waals surface area contributed by atoms with Gasteiger partial charge in [-0.3, -0.25) is 8.98 Å². The minimum atomic E-state index is -4.10. The summed E-state index contributed by atoms with van der Waals surface area (Å²) < 4.78 is 25.8. The summed E-state index contributed by atoms with van der Waals surface area (Å²) in [5, 5.41) is 8.88. The van der Waals surface area contributed by atoms with Crippen molar-refractivity contribution in [2.45, 2.75) is 32.3 Å². The van der Waals surface area contributed by atoms with Crippen molar-refractivity contribution in [1.29, 1.82) is 0 Å². The first-order valence-corrected chi connectivity index (χ1v) is 6.41. The molecular formula is C7H11ClO5S. The third-order valence-corrected chi connectivity index (χ3v) is 3.11. The van der Waals surface area contributed by atoms with Crippen LogP contribution in [0, 0.1) is 5.41 Å². The fourth-order valence-electron chi connectivity index (χ4n) is 1.50. The summed E-state index contributed by atoms with van der Waals surface area (Å²) in [6.45, 7) is 1.66. The Morgan fingerprint density at radius 3 is 2.36 bits per heavy atom. The lowest BCUT2D eigenvalue weighted by Crippen LogP contribution is -2.32. The summed E-state index contributed by atoms with van der Waals surface area (Å²) in [5.74, 6) is -1.02. The molecule has 0 aromatic carbocycles. The Labute approximate surface area is 86.6 Å². The third kappa shape index (κ3) is 2.37. The molecule has 1 rings (SSSR count). The van der Waals surface area contributed by atoms with Gasteiger partial charge in [-0.2, -0.15) is 8.42 Å². The van der Waals surface area contributed by atoms with Crippen LogP contribution >= 0.6 is 10.7 Å². The van der Waals surface area contributed by atoms with Crippen LogP contribution in [0.2, 0.25) is 0 Å². The predicted molar refractivity (Wildman–Crippen MR) is 49.2 cm³/mol. The van der Waals surface area contributed by atoms with Crippen LogP contribution < -0.4 is 0 Å². The van der Waals surface area contributed by atoms with Gasteiger partial charge < -0.3 is 5.11 Å². The van der Waals surface area contributed by atoms with Crippen LogP contribution in [-0.4, -0.2) is 25.6 Å². The molecule has 0 bridgehead atoms. The first-order valence-electron chi connectivity index (χ1n) is 4.18. The molecule has 1 aliphatic rings. The molecule has 1 unspecified atom stereocenters. The van der Waals surface area contributed by atoms with Crippen LogP contribution in [0.3, 0.4) is 0 Å². The van der Waals surface area contributed by atoms with Crippen molar-refractivity contribution in [3.8, 4) is 0 Å². The topological polar surface area (TPSA) is 80.7 Å². The van der Waals surface area contributed by atoms with E-state index in [1.807, 2.05) is 0 Å². The van der Waals surface area contributed by atoms with E-state index >= 15 is 0 Å². The van der Waals surface area contributed by atoms with Crippen molar-refractivity contribution in [3.63, 3.8) is 0 Å². The van der Waals surface area contributed by atoms with Crippen LogP contribution in [0.1, 0.15) is 26.2 Å². The number of hydrogen-bond acceptors (Lipinski definition) is 4. The van der Waals surface area contributed by atoms with Crippen LogP contribution in [0.5, 0.6) is 0 Å². The molecule has 0 radical (unpaired) electrons. The van der Waals surface area contributed by atoms with E-state index in [-0.39, 0.29) is 0 Å². The summed E-state index contributed by atoms with van der Waals surface area (Å²) >= 11 is 0. The molecule has 82 valence electrons. The summed E-state index contributed by atoms with van der Waals surface area (Å²) in [6, 6.07) is 0. The van der Waals surface area contributed by atoms with Gasteiger partial charge in [-0.25, -0.2) is 0 Å². The van der Waals surface area contributed by atoms with E-state index in [0.717, 1.165) is 0 Å². The molecule has 1 saturated carbocycles. The highest BCUT2D eigenvalue weighted by Gasteiger charge is 2.57. The monoisotopic (exact) mass is 242 g/mol. The fourth-order valence-corrected chi connectivity index (χ4v) is 2.36. The van der Waals surface area contributed by atoms with Crippen LogP contribution in [0.4, 0.5) is 0 Å². The van der Waals surface area contributed by atoms with E-state index in [4.69, 9.17) is 15.8 Å². The van der Waals surface area contributed by atoms with Gasteiger partial charge in [0.1, 0.15) is 0 Å². The Morgan fingerprint density at radius 1 is 1.64 bits per heavy atom. The van der Waals surface area contributed by atoms with Gasteiger partial charge in [-0.05, 0) is 19.3 Å². The molecule has 0 aromatic heterocycles. The van der Waals surface area contributed by atoms with Gasteiger partial charge in [-0.15, -0.1) is 0 Å². The summed E-state index contributed by atoms with van der Waals surface area (Å²) in [7, 11) is 0.799. The highest BCUT2D eigenvalue weighted by molar-refractivity contribution is 8.10. The Hall–Kier alpha value is -0.330. The van der Waals surface area contributed by atoms with E-state index in [0.29, 0.717) is 19.3 Å². The highest BCUT2D eigenvalue weighted by Crippen LogP contribution is 2.51. The average molecular weight is 243 g/mol. The average Bonchev–Trinajstić information content (AvgIpc) is 2.78. The molecular weight excluding hydrogens is 232 g/mol. The van der Waals surface area contributed by atoms with Gasteiger partial charge >= 0.3 is 15.3 Å². The maximum atomic E-state index is 10.9. The van der Waals surface area contributed by atoms with Crippen molar-refractivity contribution in [2.24, 2.45) is 5.41 Å². The minimum Gasteiger partial charge on any atom is -0.481 e. The molecule has 0 amide bonds. The second-order valence-corrected chi connectivity index (χ2v) is 5.46. The second-order valence-electron chi connectivity index (χ2n) is 3.35. The molecule has 0 heterocycles. The normalized spacial score (nSPS) is 21.6. The van der Waals surface area contributed by atoms with Crippen molar-refractivity contribution in [2.75, 3.05) is 0 Å². The minimum absolute atomic E-state index is 0.304. The molecule has 1 atom stereocenters. The van der Waals surface area contributed by atoms with E-state index in [1.165, 1.54) is 0 Å². The van der Waals surface area contributed by atoms with Crippen LogP contribution in [-0.2, 0) is 18.3 Å². The number of hydrogen-bond donors (Lipinski definition) is 1. The number of aliphatic carboxylic acids is 1. The van der Waals surface area contributed by atoms with Gasteiger partial charge in [0.05, 0.1) is 11.5 Å². The molecule has 0 saturated heterocycles. The summed E-state index contributed by atoms with van der Waals surface area (Å²) in [6.07, 6.45) is 0.321. The highest BCUT2D eigenvalue weighted by atomic mass is 35.7. The fraction of sp³-hybridized carbons (Fsp3) is 0.857. The van der Waals surface area contributed by atoms with Crippen LogP contribution in [0.25, 0.3) is 0 Å². The molecule has 14 heavy (non-hydrogen) atoms. The zero-order valence-corrected chi connectivity index (χ0v) is 9.14. The van der Waals surface area contributed by atoms with E-state index < -0.39 is 26.8 Å². The number of carbonyl (C=O) groups is 1. The molecule has 0 spiro atoms. The van der Waals surface area contributed by atoms with Gasteiger partial charge in [-0.1, -0.05) is 6.92 Å². The first-order chi connectivity index (χ1) is 6.32. The summed E-state index contributed by atoms with van der Waals surface area (Å²) in [5.41, 5.74) is -1.04. The van der Waals surface area contributed by atoms with Crippen LogP contribution in [0.15, 0.2) is 0 Å². The largest absolute Gasteiger partial charge is 0.481 e. The summed E-state index contributed by atoms with van der Waals surface area (Å²) in [4.78, 5) is 10.9.